The van der Waals surface area contributed by atoms with Crippen LogP contribution in [0.2, 0.25) is 5.15 Å². The molecule has 5 nitrogen and oxygen atoms in total. The molecular weight excluding hydrogens is 356 g/mol. The molecule has 0 radical (unpaired) electrons. The van der Waals surface area contributed by atoms with Crippen molar-refractivity contribution in [3.63, 3.8) is 0 Å². The molecule has 1 aliphatic rings. The van der Waals surface area contributed by atoms with E-state index in [1.165, 1.54) is 16.6 Å². The van der Waals surface area contributed by atoms with E-state index < -0.39 is 15.6 Å². The van der Waals surface area contributed by atoms with Gasteiger partial charge in [-0.1, -0.05) is 11.6 Å². The SMILES string of the molecule is CC1(O)CCCN(S(=O)(=O)c2cc(Br)cnc2Cl)C1. The first-order valence-corrected chi connectivity index (χ1v) is 8.37. The number of rotatable bonds is 2. The number of aromatic nitrogens is 1. The smallest absolute Gasteiger partial charge is 0.246 e. The normalized spacial score (nSPS) is 25.5. The minimum Gasteiger partial charge on any atom is -0.389 e. The van der Waals surface area contributed by atoms with Gasteiger partial charge in [-0.2, -0.15) is 4.31 Å². The summed E-state index contributed by atoms with van der Waals surface area (Å²) in [7, 11) is -3.74. The van der Waals surface area contributed by atoms with Crippen LogP contribution >= 0.6 is 27.5 Å². The zero-order valence-electron chi connectivity index (χ0n) is 10.3. The molecule has 106 valence electrons. The topological polar surface area (TPSA) is 70.5 Å². The van der Waals surface area contributed by atoms with Crippen molar-refractivity contribution in [1.29, 1.82) is 0 Å². The lowest BCUT2D eigenvalue weighted by atomic mass is 9.97. The summed E-state index contributed by atoms with van der Waals surface area (Å²) >= 11 is 9.05. The molecule has 0 aliphatic carbocycles. The van der Waals surface area contributed by atoms with E-state index in [-0.39, 0.29) is 16.6 Å². The van der Waals surface area contributed by atoms with E-state index >= 15 is 0 Å². The molecule has 0 bridgehead atoms. The van der Waals surface area contributed by atoms with Crippen molar-refractivity contribution >= 4 is 37.6 Å². The first-order chi connectivity index (χ1) is 8.72. The minimum atomic E-state index is -3.74. The molecule has 0 amide bonds. The van der Waals surface area contributed by atoms with Gasteiger partial charge < -0.3 is 5.11 Å². The summed E-state index contributed by atoms with van der Waals surface area (Å²) in [6, 6.07) is 1.42. The Labute approximate surface area is 125 Å². The zero-order chi connectivity index (χ0) is 14.3. The van der Waals surface area contributed by atoms with E-state index in [1.54, 1.807) is 6.92 Å². The van der Waals surface area contributed by atoms with E-state index in [4.69, 9.17) is 11.6 Å². The van der Waals surface area contributed by atoms with Crippen molar-refractivity contribution in [2.75, 3.05) is 13.1 Å². The van der Waals surface area contributed by atoms with Gasteiger partial charge in [0.25, 0.3) is 0 Å². The van der Waals surface area contributed by atoms with Crippen LogP contribution in [-0.2, 0) is 10.0 Å². The summed E-state index contributed by atoms with van der Waals surface area (Å²) in [5.41, 5.74) is -1.00. The van der Waals surface area contributed by atoms with Gasteiger partial charge in [0, 0.05) is 23.8 Å². The summed E-state index contributed by atoms with van der Waals surface area (Å²) in [5, 5.41) is 9.95. The summed E-state index contributed by atoms with van der Waals surface area (Å²) < 4.78 is 26.8. The monoisotopic (exact) mass is 368 g/mol. The molecule has 0 spiro atoms. The molecule has 1 unspecified atom stereocenters. The fourth-order valence-electron chi connectivity index (χ4n) is 2.10. The second kappa shape index (κ2) is 5.29. The highest BCUT2D eigenvalue weighted by molar-refractivity contribution is 9.10. The quantitative estimate of drug-likeness (QED) is 0.810. The van der Waals surface area contributed by atoms with E-state index in [2.05, 4.69) is 20.9 Å². The maximum Gasteiger partial charge on any atom is 0.246 e. The molecule has 1 atom stereocenters. The molecule has 1 aromatic rings. The van der Waals surface area contributed by atoms with Gasteiger partial charge in [-0.15, -0.1) is 0 Å². The van der Waals surface area contributed by atoms with E-state index in [9.17, 15) is 13.5 Å². The molecule has 19 heavy (non-hydrogen) atoms. The van der Waals surface area contributed by atoms with Crippen molar-refractivity contribution in [3.05, 3.63) is 21.9 Å². The van der Waals surface area contributed by atoms with Gasteiger partial charge in [0.05, 0.1) is 5.60 Å². The number of nitrogens with zero attached hydrogens (tertiary/aromatic N) is 2. The van der Waals surface area contributed by atoms with Crippen LogP contribution in [0.5, 0.6) is 0 Å². The van der Waals surface area contributed by atoms with Crippen LogP contribution in [-0.4, -0.2) is 41.5 Å². The fourth-order valence-corrected chi connectivity index (χ4v) is 4.62. The van der Waals surface area contributed by atoms with E-state index in [0.29, 0.717) is 23.9 Å². The third kappa shape index (κ3) is 3.28. The van der Waals surface area contributed by atoms with Crippen molar-refractivity contribution in [2.45, 2.75) is 30.3 Å². The van der Waals surface area contributed by atoms with Crippen LogP contribution in [0.4, 0.5) is 0 Å². The first-order valence-electron chi connectivity index (χ1n) is 5.76. The standard InChI is InChI=1S/C11H14BrClN2O3S/c1-11(16)3-2-4-15(7-11)19(17,18)9-5-8(12)6-14-10(9)13/h5-6,16H,2-4,7H2,1H3. The Morgan fingerprint density at radius 3 is 2.89 bits per heavy atom. The van der Waals surface area contributed by atoms with Crippen LogP contribution < -0.4 is 0 Å². The number of halogens is 2. The van der Waals surface area contributed by atoms with Crippen molar-refractivity contribution in [3.8, 4) is 0 Å². The number of piperidine rings is 1. The lowest BCUT2D eigenvalue weighted by Crippen LogP contribution is -2.48. The van der Waals surface area contributed by atoms with Crippen LogP contribution in [0.1, 0.15) is 19.8 Å². The average molecular weight is 370 g/mol. The van der Waals surface area contributed by atoms with Gasteiger partial charge >= 0.3 is 0 Å². The molecule has 2 rings (SSSR count). The Balaban J connectivity index is 2.39. The van der Waals surface area contributed by atoms with Crippen LogP contribution in [0.3, 0.4) is 0 Å². The Kier molecular flexibility index (Phi) is 4.23. The summed E-state index contributed by atoms with van der Waals surface area (Å²) in [4.78, 5) is 3.79. The average Bonchev–Trinajstić information content (AvgIpc) is 2.31. The molecule has 0 aromatic carbocycles. The van der Waals surface area contributed by atoms with Crippen molar-refractivity contribution < 1.29 is 13.5 Å². The van der Waals surface area contributed by atoms with E-state index in [0.717, 1.165) is 0 Å². The molecule has 1 aromatic heterocycles. The number of pyridine rings is 1. The minimum absolute atomic E-state index is 0.0405. The predicted molar refractivity (Wildman–Crippen MR) is 75.6 cm³/mol. The van der Waals surface area contributed by atoms with Gasteiger partial charge in [-0.25, -0.2) is 13.4 Å². The number of sulfonamides is 1. The molecule has 1 aliphatic heterocycles. The maximum atomic E-state index is 12.5. The Morgan fingerprint density at radius 2 is 2.26 bits per heavy atom. The second-order valence-corrected chi connectivity index (χ2v) is 8.06. The highest BCUT2D eigenvalue weighted by atomic mass is 79.9. The molecule has 2 heterocycles. The summed E-state index contributed by atoms with van der Waals surface area (Å²) in [5.74, 6) is 0. The molecule has 8 heteroatoms. The van der Waals surface area contributed by atoms with Crippen LogP contribution in [0, 0.1) is 0 Å². The number of hydrogen-bond acceptors (Lipinski definition) is 4. The van der Waals surface area contributed by atoms with Gasteiger partial charge in [0.1, 0.15) is 10.0 Å². The first kappa shape index (κ1) is 15.2. The lowest BCUT2D eigenvalue weighted by Gasteiger charge is -2.35. The van der Waals surface area contributed by atoms with Crippen LogP contribution in [0.15, 0.2) is 21.6 Å². The fraction of sp³-hybridized carbons (Fsp3) is 0.545. The van der Waals surface area contributed by atoms with E-state index in [1.807, 2.05) is 0 Å². The third-order valence-corrected chi connectivity index (χ3v) is 5.74. The lowest BCUT2D eigenvalue weighted by molar-refractivity contribution is 0.00939. The molecule has 1 saturated heterocycles. The van der Waals surface area contributed by atoms with Gasteiger partial charge in [-0.3, -0.25) is 0 Å². The highest BCUT2D eigenvalue weighted by Gasteiger charge is 2.36. The number of β-amino-alcohol motifs (C(OH)–C–C–N with tert-alkyl or cyclic N) is 1. The molecular formula is C11H14BrClN2O3S. The van der Waals surface area contributed by atoms with Crippen molar-refractivity contribution in [1.82, 2.24) is 9.29 Å². The Bertz CT molecular complexity index is 592. The highest BCUT2D eigenvalue weighted by Crippen LogP contribution is 2.30. The summed E-state index contributed by atoms with van der Waals surface area (Å²) in [6.45, 7) is 2.08. The number of hydrogen-bond donors (Lipinski definition) is 1. The van der Waals surface area contributed by atoms with Gasteiger partial charge in [-0.05, 0) is 41.8 Å². The third-order valence-electron chi connectivity index (χ3n) is 3.03. The maximum absolute atomic E-state index is 12.5. The predicted octanol–water partition coefficient (Wildman–Crippen LogP) is 2.03. The molecule has 1 N–H and O–H groups in total. The Hall–Kier alpha value is -0.210. The van der Waals surface area contributed by atoms with Crippen LogP contribution in [0.25, 0.3) is 0 Å². The molecule has 1 fully saturated rings. The van der Waals surface area contributed by atoms with Gasteiger partial charge in [0.2, 0.25) is 10.0 Å². The van der Waals surface area contributed by atoms with Gasteiger partial charge in [0.15, 0.2) is 0 Å². The number of aliphatic hydroxyl groups is 1. The van der Waals surface area contributed by atoms with Crippen molar-refractivity contribution in [2.24, 2.45) is 0 Å². The second-order valence-electron chi connectivity index (χ2n) is 4.88. The Morgan fingerprint density at radius 1 is 1.58 bits per heavy atom. The largest absolute Gasteiger partial charge is 0.389 e. The summed E-state index contributed by atoms with van der Waals surface area (Å²) in [6.07, 6.45) is 2.64. The molecule has 0 saturated carbocycles. The zero-order valence-corrected chi connectivity index (χ0v) is 13.5.